The van der Waals surface area contributed by atoms with Crippen molar-refractivity contribution in [2.45, 2.75) is 12.8 Å². The van der Waals surface area contributed by atoms with Gasteiger partial charge in [0.1, 0.15) is 0 Å². The minimum absolute atomic E-state index is 0.207. The van der Waals surface area contributed by atoms with Gasteiger partial charge in [-0.3, -0.25) is 4.79 Å². The van der Waals surface area contributed by atoms with E-state index in [2.05, 4.69) is 28.1 Å². The molecule has 1 unspecified atom stereocenters. The average Bonchev–Trinajstić information content (AvgIpc) is 3.04. The van der Waals surface area contributed by atoms with E-state index in [-0.39, 0.29) is 5.91 Å². The largest absolute Gasteiger partial charge is 0.338 e. The first kappa shape index (κ1) is 13.1. The molecule has 2 nitrogen and oxygen atoms in total. The molecule has 0 saturated carbocycles. The van der Waals surface area contributed by atoms with E-state index in [0.29, 0.717) is 5.92 Å². The Morgan fingerprint density at radius 1 is 1.42 bits per heavy atom. The predicted octanol–water partition coefficient (Wildman–Crippen LogP) is 4.15. The maximum Gasteiger partial charge on any atom is 0.263 e. The van der Waals surface area contributed by atoms with Crippen molar-refractivity contribution in [2.24, 2.45) is 5.92 Å². The Morgan fingerprint density at radius 3 is 3.05 bits per heavy atom. The molecule has 0 N–H and O–H groups in total. The third-order valence-corrected chi connectivity index (χ3v) is 5.29. The van der Waals surface area contributed by atoms with Crippen LogP contribution in [0.3, 0.4) is 0 Å². The first-order chi connectivity index (χ1) is 9.28. The van der Waals surface area contributed by atoms with E-state index in [4.69, 9.17) is 0 Å². The van der Waals surface area contributed by atoms with Crippen LogP contribution in [0.1, 0.15) is 22.5 Å². The van der Waals surface area contributed by atoms with Gasteiger partial charge >= 0.3 is 0 Å². The normalized spacial score (nSPS) is 19.2. The first-order valence-corrected chi connectivity index (χ1v) is 8.55. The molecule has 1 aromatic carbocycles. The lowest BCUT2D eigenvalue weighted by atomic mass is 10.1. The van der Waals surface area contributed by atoms with Gasteiger partial charge in [0, 0.05) is 23.1 Å². The standard InChI is InChI=1S/C15H16BrNOS/c16-7-5-11-6-8-17(10-11)15(18)14-9-12-3-1-2-4-13(12)19-14/h1-4,9,11H,5-8,10H2. The van der Waals surface area contributed by atoms with Gasteiger partial charge < -0.3 is 4.90 Å². The summed E-state index contributed by atoms with van der Waals surface area (Å²) in [5.41, 5.74) is 0. The summed E-state index contributed by atoms with van der Waals surface area (Å²) in [6.07, 6.45) is 2.30. The average molecular weight is 338 g/mol. The van der Waals surface area contributed by atoms with Gasteiger partial charge in [-0.1, -0.05) is 34.1 Å². The van der Waals surface area contributed by atoms with Crippen molar-refractivity contribution in [3.8, 4) is 0 Å². The monoisotopic (exact) mass is 337 g/mol. The number of amides is 1. The molecule has 4 heteroatoms. The minimum atomic E-state index is 0.207. The van der Waals surface area contributed by atoms with Crippen LogP contribution in [0.4, 0.5) is 0 Å². The minimum Gasteiger partial charge on any atom is -0.338 e. The van der Waals surface area contributed by atoms with Crippen LogP contribution in [0.5, 0.6) is 0 Å². The second kappa shape index (κ2) is 5.63. The van der Waals surface area contributed by atoms with Gasteiger partial charge in [0.15, 0.2) is 0 Å². The molecular weight excluding hydrogens is 322 g/mol. The lowest BCUT2D eigenvalue weighted by Gasteiger charge is -2.15. The molecular formula is C15H16BrNOS. The maximum atomic E-state index is 12.5. The Balaban J connectivity index is 1.77. The highest BCUT2D eigenvalue weighted by atomic mass is 79.9. The molecule has 0 radical (unpaired) electrons. The molecule has 1 aliphatic heterocycles. The third-order valence-electron chi connectivity index (χ3n) is 3.73. The molecule has 3 rings (SSSR count). The molecule has 100 valence electrons. The van der Waals surface area contributed by atoms with E-state index in [1.165, 1.54) is 10.1 Å². The zero-order valence-corrected chi connectivity index (χ0v) is 13.0. The Bertz CT molecular complexity index is 562. The summed E-state index contributed by atoms with van der Waals surface area (Å²) in [5.74, 6) is 0.871. The van der Waals surface area contributed by atoms with E-state index in [1.54, 1.807) is 11.3 Å². The Morgan fingerprint density at radius 2 is 2.26 bits per heavy atom. The fourth-order valence-electron chi connectivity index (χ4n) is 2.65. The zero-order chi connectivity index (χ0) is 13.2. The lowest BCUT2D eigenvalue weighted by Crippen LogP contribution is -2.28. The molecule has 1 amide bonds. The number of thiophene rings is 1. The predicted molar refractivity (Wildman–Crippen MR) is 84.2 cm³/mol. The Hall–Kier alpha value is -0.870. The van der Waals surface area contributed by atoms with Crippen LogP contribution in [-0.2, 0) is 0 Å². The molecule has 19 heavy (non-hydrogen) atoms. The van der Waals surface area contributed by atoms with Crippen LogP contribution in [0.15, 0.2) is 30.3 Å². The van der Waals surface area contributed by atoms with Crippen LogP contribution < -0.4 is 0 Å². The lowest BCUT2D eigenvalue weighted by molar-refractivity contribution is 0.0792. The number of rotatable bonds is 3. The van der Waals surface area contributed by atoms with Gasteiger partial charge in [-0.25, -0.2) is 0 Å². The number of carbonyl (C=O) groups excluding carboxylic acids is 1. The quantitative estimate of drug-likeness (QED) is 0.770. The summed E-state index contributed by atoms with van der Waals surface area (Å²) in [4.78, 5) is 15.4. The van der Waals surface area contributed by atoms with Crippen LogP contribution >= 0.6 is 27.3 Å². The van der Waals surface area contributed by atoms with Crippen molar-refractivity contribution in [3.63, 3.8) is 0 Å². The van der Waals surface area contributed by atoms with Gasteiger partial charge in [0.25, 0.3) is 5.91 Å². The van der Waals surface area contributed by atoms with E-state index in [1.807, 2.05) is 23.1 Å². The molecule has 2 heterocycles. The molecule has 0 aliphatic carbocycles. The van der Waals surface area contributed by atoms with Crippen molar-refractivity contribution >= 4 is 43.3 Å². The number of fused-ring (bicyclic) bond motifs is 1. The summed E-state index contributed by atoms with van der Waals surface area (Å²) in [7, 11) is 0. The van der Waals surface area contributed by atoms with Crippen molar-refractivity contribution in [1.29, 1.82) is 0 Å². The van der Waals surface area contributed by atoms with Gasteiger partial charge in [-0.15, -0.1) is 11.3 Å². The Labute approximate surface area is 125 Å². The number of likely N-dealkylation sites (tertiary alicyclic amines) is 1. The SMILES string of the molecule is O=C(c1cc2ccccc2s1)N1CCC(CCBr)C1. The molecule has 2 aromatic rings. The van der Waals surface area contributed by atoms with Crippen molar-refractivity contribution in [3.05, 3.63) is 35.2 Å². The fourth-order valence-corrected chi connectivity index (χ4v) is 4.33. The highest BCUT2D eigenvalue weighted by molar-refractivity contribution is 9.09. The van der Waals surface area contributed by atoms with Crippen molar-refractivity contribution in [2.75, 3.05) is 18.4 Å². The van der Waals surface area contributed by atoms with Gasteiger partial charge in [0.2, 0.25) is 0 Å². The van der Waals surface area contributed by atoms with E-state index in [9.17, 15) is 4.79 Å². The van der Waals surface area contributed by atoms with Gasteiger partial charge in [0.05, 0.1) is 4.88 Å². The maximum absolute atomic E-state index is 12.5. The topological polar surface area (TPSA) is 20.3 Å². The summed E-state index contributed by atoms with van der Waals surface area (Å²) < 4.78 is 1.20. The molecule has 1 atom stereocenters. The van der Waals surface area contributed by atoms with Crippen LogP contribution in [0.2, 0.25) is 0 Å². The van der Waals surface area contributed by atoms with E-state index < -0.39 is 0 Å². The molecule has 1 saturated heterocycles. The van der Waals surface area contributed by atoms with Gasteiger partial charge in [-0.2, -0.15) is 0 Å². The first-order valence-electron chi connectivity index (χ1n) is 6.62. The van der Waals surface area contributed by atoms with E-state index >= 15 is 0 Å². The van der Waals surface area contributed by atoms with Crippen LogP contribution in [0, 0.1) is 5.92 Å². The molecule has 1 fully saturated rings. The number of alkyl halides is 1. The molecule has 1 aliphatic rings. The van der Waals surface area contributed by atoms with Crippen molar-refractivity contribution in [1.82, 2.24) is 4.90 Å². The molecule has 1 aromatic heterocycles. The van der Waals surface area contributed by atoms with Crippen molar-refractivity contribution < 1.29 is 4.79 Å². The third kappa shape index (κ3) is 2.70. The number of nitrogens with zero attached hydrogens (tertiary/aromatic N) is 1. The number of carbonyl (C=O) groups is 1. The summed E-state index contributed by atoms with van der Waals surface area (Å²) in [6, 6.07) is 10.2. The Kier molecular flexibility index (Phi) is 3.89. The van der Waals surface area contributed by atoms with Crippen LogP contribution in [0.25, 0.3) is 10.1 Å². The second-order valence-corrected chi connectivity index (χ2v) is 6.91. The number of hydrogen-bond donors (Lipinski definition) is 0. The van der Waals surface area contributed by atoms with Gasteiger partial charge in [-0.05, 0) is 36.3 Å². The summed E-state index contributed by atoms with van der Waals surface area (Å²) in [5, 5.41) is 2.20. The smallest absolute Gasteiger partial charge is 0.263 e. The highest BCUT2D eigenvalue weighted by Gasteiger charge is 2.27. The van der Waals surface area contributed by atoms with Crippen LogP contribution in [-0.4, -0.2) is 29.2 Å². The zero-order valence-electron chi connectivity index (χ0n) is 10.6. The molecule has 0 bridgehead atoms. The highest BCUT2D eigenvalue weighted by Crippen LogP contribution is 2.28. The summed E-state index contributed by atoms with van der Waals surface area (Å²) >= 11 is 5.09. The summed E-state index contributed by atoms with van der Waals surface area (Å²) in [6.45, 7) is 1.82. The molecule has 0 spiro atoms. The number of hydrogen-bond acceptors (Lipinski definition) is 2. The fraction of sp³-hybridized carbons (Fsp3) is 0.400. The second-order valence-electron chi connectivity index (χ2n) is 5.03. The number of benzene rings is 1. The van der Waals surface area contributed by atoms with E-state index in [0.717, 1.165) is 36.1 Å². The number of halogens is 1.